The summed E-state index contributed by atoms with van der Waals surface area (Å²) in [5.41, 5.74) is 1.43. The van der Waals surface area contributed by atoms with Crippen molar-refractivity contribution in [2.24, 2.45) is 4.99 Å². The first kappa shape index (κ1) is 16.0. The SMILES string of the molecule is CN=C(NCC(C)(C)c1cccs1)N(C)Cc1ccsc1. The van der Waals surface area contributed by atoms with Crippen molar-refractivity contribution >= 4 is 28.6 Å². The predicted molar refractivity (Wildman–Crippen MR) is 94.5 cm³/mol. The Kier molecular flexibility index (Phi) is 5.42. The minimum atomic E-state index is 0.104. The smallest absolute Gasteiger partial charge is 0.193 e. The Bertz CT molecular complexity index is 556. The molecule has 5 heteroatoms. The number of aliphatic imine (C=N–C) groups is 1. The maximum absolute atomic E-state index is 4.39. The molecule has 3 nitrogen and oxygen atoms in total. The summed E-state index contributed by atoms with van der Waals surface area (Å²) in [5.74, 6) is 0.936. The molecule has 0 aliphatic carbocycles. The maximum Gasteiger partial charge on any atom is 0.193 e. The van der Waals surface area contributed by atoms with Crippen LogP contribution in [0.4, 0.5) is 0 Å². The maximum atomic E-state index is 4.39. The van der Waals surface area contributed by atoms with Crippen LogP contribution in [0.3, 0.4) is 0 Å². The number of hydrogen-bond acceptors (Lipinski definition) is 3. The van der Waals surface area contributed by atoms with Crippen molar-refractivity contribution in [2.75, 3.05) is 20.6 Å². The fourth-order valence-electron chi connectivity index (χ4n) is 2.17. The van der Waals surface area contributed by atoms with Crippen molar-refractivity contribution in [3.05, 3.63) is 44.8 Å². The van der Waals surface area contributed by atoms with Gasteiger partial charge in [0.05, 0.1) is 0 Å². The van der Waals surface area contributed by atoms with Crippen molar-refractivity contribution in [1.29, 1.82) is 0 Å². The van der Waals surface area contributed by atoms with E-state index in [2.05, 4.69) is 70.4 Å². The van der Waals surface area contributed by atoms with E-state index in [1.807, 2.05) is 18.4 Å². The van der Waals surface area contributed by atoms with E-state index in [0.29, 0.717) is 0 Å². The molecule has 21 heavy (non-hydrogen) atoms. The molecule has 2 aromatic heterocycles. The molecule has 1 N–H and O–H groups in total. The van der Waals surface area contributed by atoms with Gasteiger partial charge in [-0.2, -0.15) is 11.3 Å². The van der Waals surface area contributed by atoms with Crippen LogP contribution in [0.1, 0.15) is 24.3 Å². The second kappa shape index (κ2) is 7.09. The second-order valence-electron chi connectivity index (χ2n) is 5.75. The van der Waals surface area contributed by atoms with Gasteiger partial charge in [0.25, 0.3) is 0 Å². The number of rotatable bonds is 5. The molecule has 0 aromatic carbocycles. The minimum Gasteiger partial charge on any atom is -0.355 e. The van der Waals surface area contributed by atoms with E-state index >= 15 is 0 Å². The lowest BCUT2D eigenvalue weighted by atomic mass is 9.91. The summed E-state index contributed by atoms with van der Waals surface area (Å²) in [5, 5.41) is 9.92. The van der Waals surface area contributed by atoms with Gasteiger partial charge in [0.1, 0.15) is 0 Å². The van der Waals surface area contributed by atoms with Gasteiger partial charge in [-0.05, 0) is 33.8 Å². The highest BCUT2D eigenvalue weighted by atomic mass is 32.1. The monoisotopic (exact) mass is 321 g/mol. The first-order valence-corrected chi connectivity index (χ1v) is 8.82. The molecule has 0 unspecified atom stereocenters. The third-order valence-corrected chi connectivity index (χ3v) is 5.42. The summed E-state index contributed by atoms with van der Waals surface area (Å²) in [7, 11) is 3.91. The minimum absolute atomic E-state index is 0.104. The second-order valence-corrected chi connectivity index (χ2v) is 7.48. The van der Waals surface area contributed by atoms with Gasteiger partial charge in [0, 0.05) is 37.5 Å². The fourth-order valence-corrected chi connectivity index (χ4v) is 3.68. The Morgan fingerprint density at radius 2 is 2.14 bits per heavy atom. The lowest BCUT2D eigenvalue weighted by Gasteiger charge is -2.28. The zero-order valence-electron chi connectivity index (χ0n) is 13.1. The van der Waals surface area contributed by atoms with Crippen LogP contribution in [-0.2, 0) is 12.0 Å². The van der Waals surface area contributed by atoms with Crippen LogP contribution in [-0.4, -0.2) is 31.5 Å². The zero-order valence-corrected chi connectivity index (χ0v) is 14.7. The van der Waals surface area contributed by atoms with Gasteiger partial charge in [-0.3, -0.25) is 4.99 Å². The summed E-state index contributed by atoms with van der Waals surface area (Å²) in [6, 6.07) is 6.47. The molecule has 0 saturated carbocycles. The third-order valence-electron chi connectivity index (χ3n) is 3.45. The van der Waals surface area contributed by atoms with Crippen LogP contribution in [0.2, 0.25) is 0 Å². The van der Waals surface area contributed by atoms with Gasteiger partial charge in [-0.15, -0.1) is 11.3 Å². The van der Waals surface area contributed by atoms with E-state index in [1.54, 1.807) is 11.3 Å². The van der Waals surface area contributed by atoms with Gasteiger partial charge in [-0.1, -0.05) is 19.9 Å². The van der Waals surface area contributed by atoms with Crippen molar-refractivity contribution in [3.63, 3.8) is 0 Å². The van der Waals surface area contributed by atoms with Gasteiger partial charge >= 0.3 is 0 Å². The highest BCUT2D eigenvalue weighted by Crippen LogP contribution is 2.26. The quantitative estimate of drug-likeness (QED) is 0.670. The Morgan fingerprint density at radius 3 is 2.71 bits per heavy atom. The number of nitrogens with zero attached hydrogens (tertiary/aromatic N) is 2. The standard InChI is InChI=1S/C16H23N3S2/c1-16(2,14-6-5-8-21-14)12-18-15(17-3)19(4)10-13-7-9-20-11-13/h5-9,11H,10,12H2,1-4H3,(H,17,18). The molecule has 2 aromatic rings. The summed E-state index contributed by atoms with van der Waals surface area (Å²) in [4.78, 5) is 7.94. The van der Waals surface area contributed by atoms with E-state index < -0.39 is 0 Å². The molecule has 0 aliphatic rings. The average molecular weight is 322 g/mol. The van der Waals surface area contributed by atoms with Crippen molar-refractivity contribution in [2.45, 2.75) is 25.8 Å². The molecule has 0 saturated heterocycles. The van der Waals surface area contributed by atoms with Crippen LogP contribution in [0, 0.1) is 0 Å². The fraction of sp³-hybridized carbons (Fsp3) is 0.438. The topological polar surface area (TPSA) is 27.6 Å². The summed E-state index contributed by atoms with van der Waals surface area (Å²) < 4.78 is 0. The lowest BCUT2D eigenvalue weighted by Crippen LogP contribution is -2.43. The molecule has 2 rings (SSSR count). The highest BCUT2D eigenvalue weighted by Gasteiger charge is 2.22. The number of thiophene rings is 2. The predicted octanol–water partition coefficient (Wildman–Crippen LogP) is 3.79. The van der Waals surface area contributed by atoms with Gasteiger partial charge in [-0.25, -0.2) is 0 Å². The number of nitrogens with one attached hydrogen (secondary N) is 1. The lowest BCUT2D eigenvalue weighted by molar-refractivity contribution is 0.452. The molecule has 0 amide bonds. The third kappa shape index (κ3) is 4.32. The van der Waals surface area contributed by atoms with Gasteiger partial charge in [0.15, 0.2) is 5.96 Å². The highest BCUT2D eigenvalue weighted by molar-refractivity contribution is 7.10. The van der Waals surface area contributed by atoms with E-state index in [9.17, 15) is 0 Å². The molecule has 114 valence electrons. The molecule has 0 spiro atoms. The number of hydrogen-bond donors (Lipinski definition) is 1. The Labute approximate surface area is 135 Å². The first-order valence-electron chi connectivity index (χ1n) is 7.00. The van der Waals surface area contributed by atoms with E-state index in [0.717, 1.165) is 19.0 Å². The summed E-state index contributed by atoms with van der Waals surface area (Å²) in [6.07, 6.45) is 0. The van der Waals surface area contributed by atoms with Crippen LogP contribution >= 0.6 is 22.7 Å². The van der Waals surface area contributed by atoms with E-state index in [1.165, 1.54) is 10.4 Å². The largest absolute Gasteiger partial charge is 0.355 e. The summed E-state index contributed by atoms with van der Waals surface area (Å²) in [6.45, 7) is 6.27. The zero-order chi connectivity index (χ0) is 15.3. The van der Waals surface area contributed by atoms with Crippen LogP contribution in [0.25, 0.3) is 0 Å². The van der Waals surface area contributed by atoms with E-state index in [4.69, 9.17) is 0 Å². The molecule has 0 fully saturated rings. The molecule has 0 atom stereocenters. The van der Waals surface area contributed by atoms with Crippen molar-refractivity contribution in [1.82, 2.24) is 10.2 Å². The molecular weight excluding hydrogens is 298 g/mol. The van der Waals surface area contributed by atoms with Gasteiger partial charge in [0.2, 0.25) is 0 Å². The molecule has 0 radical (unpaired) electrons. The molecular formula is C16H23N3S2. The van der Waals surface area contributed by atoms with Crippen LogP contribution in [0.5, 0.6) is 0 Å². The first-order chi connectivity index (χ1) is 10.0. The average Bonchev–Trinajstić information content (AvgIpc) is 3.12. The molecule has 2 heterocycles. The molecule has 0 bridgehead atoms. The molecule has 0 aliphatic heterocycles. The van der Waals surface area contributed by atoms with Crippen LogP contribution in [0.15, 0.2) is 39.3 Å². The number of guanidine groups is 1. The normalized spacial score (nSPS) is 12.5. The summed E-state index contributed by atoms with van der Waals surface area (Å²) >= 11 is 3.54. The van der Waals surface area contributed by atoms with Gasteiger partial charge < -0.3 is 10.2 Å². The Balaban J connectivity index is 1.93. The Morgan fingerprint density at radius 1 is 1.33 bits per heavy atom. The van der Waals surface area contributed by atoms with Crippen LogP contribution < -0.4 is 5.32 Å². The van der Waals surface area contributed by atoms with E-state index in [-0.39, 0.29) is 5.41 Å². The van der Waals surface area contributed by atoms with Crippen molar-refractivity contribution in [3.8, 4) is 0 Å². The van der Waals surface area contributed by atoms with Crippen molar-refractivity contribution < 1.29 is 0 Å². The Hall–Kier alpha value is -1.33.